The van der Waals surface area contributed by atoms with Gasteiger partial charge in [-0.25, -0.2) is 8.78 Å². The van der Waals surface area contributed by atoms with Crippen LogP contribution in [0.1, 0.15) is 12.5 Å². The average Bonchev–Trinajstić information content (AvgIpc) is 2.18. The lowest BCUT2D eigenvalue weighted by Gasteiger charge is -1.92. The third-order valence-electron chi connectivity index (χ3n) is 1.50. The number of benzene rings is 1. The highest BCUT2D eigenvalue weighted by atomic mass is 32.2. The summed E-state index contributed by atoms with van der Waals surface area (Å²) < 4.78 is 25.2. The number of carbonyl (C=O) groups is 1. The minimum Gasteiger partial charge on any atom is -0.288 e. The van der Waals surface area contributed by atoms with Gasteiger partial charge in [0.15, 0.2) is 16.7 Å². The second-order valence-corrected chi connectivity index (χ2v) is 3.86. The zero-order valence-corrected chi connectivity index (χ0v) is 8.83. The van der Waals surface area contributed by atoms with Crippen LogP contribution in [0.15, 0.2) is 18.2 Å². The minimum atomic E-state index is -0.916. The van der Waals surface area contributed by atoms with E-state index >= 15 is 0 Å². The van der Waals surface area contributed by atoms with Crippen molar-refractivity contribution < 1.29 is 13.6 Å². The molecule has 0 radical (unpaired) electrons. The van der Waals surface area contributed by atoms with Crippen LogP contribution in [0, 0.1) is 23.5 Å². The molecule has 0 saturated carbocycles. The van der Waals surface area contributed by atoms with E-state index in [0.717, 1.165) is 23.9 Å². The molecule has 0 aromatic heterocycles. The standard InChI is InChI=1S/C11H8F2OS/c1-8(14)15-6-2-3-9-4-5-10(12)11(13)7-9/h4-5,7H,6H2,1H3. The molecule has 0 unspecified atom stereocenters. The maximum atomic E-state index is 12.7. The normalized spacial score (nSPS) is 9.27. The van der Waals surface area contributed by atoms with Crippen LogP contribution in [0.3, 0.4) is 0 Å². The molecular formula is C11H8F2OS. The van der Waals surface area contributed by atoms with Crippen molar-refractivity contribution in [1.29, 1.82) is 0 Å². The summed E-state index contributed by atoms with van der Waals surface area (Å²) in [6.45, 7) is 1.45. The van der Waals surface area contributed by atoms with Gasteiger partial charge in [-0.15, -0.1) is 0 Å². The van der Waals surface area contributed by atoms with Gasteiger partial charge in [0, 0.05) is 12.5 Å². The van der Waals surface area contributed by atoms with Crippen molar-refractivity contribution >= 4 is 16.9 Å². The number of rotatable bonds is 1. The van der Waals surface area contributed by atoms with Crippen molar-refractivity contribution in [3.05, 3.63) is 35.4 Å². The van der Waals surface area contributed by atoms with Crippen LogP contribution in [0.4, 0.5) is 8.78 Å². The Morgan fingerprint density at radius 2 is 2.13 bits per heavy atom. The molecule has 0 aliphatic carbocycles. The van der Waals surface area contributed by atoms with Crippen molar-refractivity contribution in [2.45, 2.75) is 6.92 Å². The highest BCUT2D eigenvalue weighted by molar-refractivity contribution is 8.13. The van der Waals surface area contributed by atoms with Crippen molar-refractivity contribution in [2.75, 3.05) is 5.75 Å². The largest absolute Gasteiger partial charge is 0.288 e. The lowest BCUT2D eigenvalue weighted by molar-refractivity contribution is -0.109. The fraction of sp³-hybridized carbons (Fsp3) is 0.182. The fourth-order valence-electron chi connectivity index (χ4n) is 0.850. The van der Waals surface area contributed by atoms with Crippen LogP contribution in [0.25, 0.3) is 0 Å². The van der Waals surface area contributed by atoms with Crippen molar-refractivity contribution in [3.8, 4) is 11.8 Å². The van der Waals surface area contributed by atoms with Crippen LogP contribution >= 0.6 is 11.8 Å². The smallest absolute Gasteiger partial charge is 0.186 e. The number of carbonyl (C=O) groups excluding carboxylic acids is 1. The van der Waals surface area contributed by atoms with Crippen molar-refractivity contribution in [3.63, 3.8) is 0 Å². The molecule has 0 heterocycles. The summed E-state index contributed by atoms with van der Waals surface area (Å²) in [4.78, 5) is 10.5. The van der Waals surface area contributed by atoms with Crippen LogP contribution in [0.2, 0.25) is 0 Å². The van der Waals surface area contributed by atoms with Gasteiger partial charge in [-0.3, -0.25) is 4.79 Å². The Morgan fingerprint density at radius 3 is 2.73 bits per heavy atom. The third kappa shape index (κ3) is 4.13. The van der Waals surface area contributed by atoms with Crippen LogP contribution in [-0.4, -0.2) is 10.9 Å². The molecular weight excluding hydrogens is 218 g/mol. The molecule has 0 saturated heterocycles. The molecule has 1 aromatic carbocycles. The molecule has 1 nitrogen and oxygen atoms in total. The first-order valence-electron chi connectivity index (χ1n) is 4.17. The first-order chi connectivity index (χ1) is 7.09. The SMILES string of the molecule is CC(=O)SCC#Cc1ccc(F)c(F)c1. The Kier molecular flexibility index (Phi) is 4.32. The molecule has 1 aromatic rings. The van der Waals surface area contributed by atoms with E-state index < -0.39 is 11.6 Å². The maximum absolute atomic E-state index is 12.7. The van der Waals surface area contributed by atoms with Crippen LogP contribution in [0.5, 0.6) is 0 Å². The maximum Gasteiger partial charge on any atom is 0.186 e. The van der Waals surface area contributed by atoms with Gasteiger partial charge in [-0.2, -0.15) is 0 Å². The summed E-state index contributed by atoms with van der Waals surface area (Å²) in [6.07, 6.45) is 0. The molecule has 0 fully saturated rings. The first-order valence-corrected chi connectivity index (χ1v) is 5.15. The van der Waals surface area contributed by atoms with Gasteiger partial charge >= 0.3 is 0 Å². The predicted molar refractivity (Wildman–Crippen MR) is 56.4 cm³/mol. The Bertz CT molecular complexity index is 432. The Hall–Kier alpha value is -1.34. The van der Waals surface area contributed by atoms with Crippen LogP contribution < -0.4 is 0 Å². The van der Waals surface area contributed by atoms with E-state index in [0.29, 0.717) is 11.3 Å². The molecule has 0 atom stereocenters. The van der Waals surface area contributed by atoms with Gasteiger partial charge in [0.25, 0.3) is 0 Å². The van der Waals surface area contributed by atoms with Gasteiger partial charge in [0.2, 0.25) is 0 Å². The Morgan fingerprint density at radius 1 is 1.40 bits per heavy atom. The minimum absolute atomic E-state index is 0.0189. The Labute approximate surface area is 90.9 Å². The quantitative estimate of drug-likeness (QED) is 0.685. The van der Waals surface area contributed by atoms with E-state index in [1.54, 1.807) is 0 Å². The molecule has 0 aliphatic heterocycles. The monoisotopic (exact) mass is 226 g/mol. The third-order valence-corrected chi connectivity index (χ3v) is 2.20. The average molecular weight is 226 g/mol. The van der Waals surface area contributed by atoms with E-state index in [2.05, 4.69) is 11.8 Å². The van der Waals surface area contributed by atoms with Crippen LogP contribution in [-0.2, 0) is 4.79 Å². The second-order valence-electron chi connectivity index (χ2n) is 2.71. The number of hydrogen-bond acceptors (Lipinski definition) is 2. The fourth-order valence-corrected chi connectivity index (χ4v) is 1.20. The molecule has 15 heavy (non-hydrogen) atoms. The van der Waals surface area contributed by atoms with Crippen molar-refractivity contribution in [1.82, 2.24) is 0 Å². The van der Waals surface area contributed by atoms with Gasteiger partial charge in [-0.1, -0.05) is 23.6 Å². The first kappa shape index (κ1) is 11.7. The summed E-state index contributed by atoms with van der Waals surface area (Å²) in [5.41, 5.74) is 0.401. The molecule has 0 aliphatic rings. The van der Waals surface area contributed by atoms with E-state index in [1.807, 2.05) is 0 Å². The van der Waals surface area contributed by atoms with E-state index in [9.17, 15) is 13.6 Å². The topological polar surface area (TPSA) is 17.1 Å². The number of hydrogen-bond donors (Lipinski definition) is 0. The summed E-state index contributed by atoms with van der Waals surface area (Å²) in [5.74, 6) is 3.87. The summed E-state index contributed by atoms with van der Waals surface area (Å²) in [6, 6.07) is 3.45. The number of thioether (sulfide) groups is 1. The number of halogens is 2. The zero-order valence-electron chi connectivity index (χ0n) is 8.01. The van der Waals surface area contributed by atoms with E-state index in [4.69, 9.17) is 0 Å². The second kappa shape index (κ2) is 5.52. The molecule has 0 N–H and O–H groups in total. The molecule has 1 rings (SSSR count). The molecule has 4 heteroatoms. The zero-order chi connectivity index (χ0) is 11.3. The molecule has 0 bridgehead atoms. The summed E-state index contributed by atoms with van der Waals surface area (Å²) >= 11 is 1.08. The predicted octanol–water partition coefficient (Wildman–Crippen LogP) is 2.60. The Balaban J connectivity index is 2.64. The molecule has 0 spiro atoms. The van der Waals surface area contributed by atoms with E-state index in [-0.39, 0.29) is 5.12 Å². The molecule has 78 valence electrons. The lowest BCUT2D eigenvalue weighted by Crippen LogP contribution is -1.85. The lowest BCUT2D eigenvalue weighted by atomic mass is 10.2. The van der Waals surface area contributed by atoms with Crippen molar-refractivity contribution in [2.24, 2.45) is 0 Å². The van der Waals surface area contributed by atoms with Gasteiger partial charge in [0.05, 0.1) is 5.75 Å². The van der Waals surface area contributed by atoms with Gasteiger partial charge in [-0.05, 0) is 18.2 Å². The van der Waals surface area contributed by atoms with E-state index in [1.165, 1.54) is 13.0 Å². The molecule has 0 amide bonds. The highest BCUT2D eigenvalue weighted by Crippen LogP contribution is 2.07. The summed E-state index contributed by atoms with van der Waals surface area (Å²) in [7, 11) is 0. The highest BCUT2D eigenvalue weighted by Gasteiger charge is 1.99. The van der Waals surface area contributed by atoms with Gasteiger partial charge in [0.1, 0.15) is 0 Å². The summed E-state index contributed by atoms with van der Waals surface area (Å²) in [5, 5.41) is -0.0189. The van der Waals surface area contributed by atoms with Gasteiger partial charge < -0.3 is 0 Å².